The first kappa shape index (κ1) is 20.3. The molecule has 1 aliphatic rings. The van der Waals surface area contributed by atoms with Crippen molar-refractivity contribution >= 4 is 18.2 Å². The lowest BCUT2D eigenvalue weighted by atomic mass is 10.1. The Morgan fingerprint density at radius 3 is 2.23 bits per heavy atom. The highest BCUT2D eigenvalue weighted by Gasteiger charge is 2.12. The molecule has 0 saturated carbocycles. The van der Waals surface area contributed by atoms with Gasteiger partial charge in [-0.15, -0.1) is 12.4 Å². The fourth-order valence-corrected chi connectivity index (χ4v) is 3.29. The van der Waals surface area contributed by atoms with Gasteiger partial charge in [-0.3, -0.25) is 5.41 Å². The average Bonchev–Trinajstić information content (AvgIpc) is 2.68. The number of piperidine rings is 1. The molecule has 0 spiro atoms. The fourth-order valence-electron chi connectivity index (χ4n) is 3.29. The molecule has 26 heavy (non-hydrogen) atoms. The molecule has 0 unspecified atom stereocenters. The summed E-state index contributed by atoms with van der Waals surface area (Å²) in [5.41, 5.74) is 2.62. The maximum Gasteiger partial charge on any atom is 0.119 e. The van der Waals surface area contributed by atoms with Crippen LogP contribution >= 0.6 is 12.4 Å². The summed E-state index contributed by atoms with van der Waals surface area (Å²) in [4.78, 5) is 2.22. The lowest BCUT2D eigenvalue weighted by molar-refractivity contribution is 0.303. The summed E-state index contributed by atoms with van der Waals surface area (Å²) < 4.78 is 5.83. The summed E-state index contributed by atoms with van der Waals surface area (Å²) in [5, 5.41) is 8.17. The first-order valence-corrected chi connectivity index (χ1v) is 9.39. The molecule has 0 atom stereocenters. The van der Waals surface area contributed by atoms with Crippen LogP contribution in [-0.4, -0.2) is 30.4 Å². The van der Waals surface area contributed by atoms with Crippen molar-refractivity contribution in [2.45, 2.75) is 38.5 Å². The summed E-state index contributed by atoms with van der Waals surface area (Å²) in [6.07, 6.45) is 6.44. The Balaban J connectivity index is 0.00000243. The first-order valence-electron chi connectivity index (χ1n) is 9.39. The number of nitrogens with zero attached hydrogens (tertiary/aromatic N) is 1. The van der Waals surface area contributed by atoms with E-state index in [1.54, 1.807) is 0 Å². The zero-order valence-corrected chi connectivity index (χ0v) is 16.1. The third kappa shape index (κ3) is 6.38. The Bertz CT molecular complexity index is 652. The number of nitrogens with one attached hydrogen (secondary N) is 1. The van der Waals surface area contributed by atoms with Gasteiger partial charge in [0.25, 0.3) is 0 Å². The van der Waals surface area contributed by atoms with E-state index in [0.29, 0.717) is 6.61 Å². The summed E-state index contributed by atoms with van der Waals surface area (Å²) in [5.74, 6) is 1.70. The van der Waals surface area contributed by atoms with Crippen LogP contribution in [0.2, 0.25) is 0 Å². The molecule has 1 aliphatic heterocycles. The smallest absolute Gasteiger partial charge is 0.119 e. The Hall–Kier alpha value is -2.00. The Labute approximate surface area is 163 Å². The molecule has 1 fully saturated rings. The van der Waals surface area contributed by atoms with Crippen molar-refractivity contribution in [1.82, 2.24) is 4.90 Å². The van der Waals surface area contributed by atoms with Crippen molar-refractivity contribution in [1.29, 1.82) is 5.41 Å². The summed E-state index contributed by atoms with van der Waals surface area (Å²) in [6, 6.07) is 18.9. The lowest BCUT2D eigenvalue weighted by Crippen LogP contribution is -2.35. The van der Waals surface area contributed by atoms with Crippen LogP contribution in [0.3, 0.4) is 0 Å². The van der Waals surface area contributed by atoms with E-state index >= 15 is 0 Å². The van der Waals surface area contributed by atoms with Gasteiger partial charge < -0.3 is 9.64 Å². The predicted molar refractivity (Wildman–Crippen MR) is 111 cm³/mol. The molecule has 140 valence electrons. The van der Waals surface area contributed by atoms with Gasteiger partial charge in [0.15, 0.2) is 0 Å². The van der Waals surface area contributed by atoms with E-state index in [9.17, 15) is 0 Å². The highest BCUT2D eigenvalue weighted by atomic mass is 35.5. The molecule has 0 amide bonds. The molecule has 1 heterocycles. The van der Waals surface area contributed by atoms with Crippen molar-refractivity contribution in [3.63, 3.8) is 0 Å². The summed E-state index contributed by atoms with van der Waals surface area (Å²) in [6.45, 7) is 2.79. The van der Waals surface area contributed by atoms with Crippen LogP contribution in [0.5, 0.6) is 5.75 Å². The summed E-state index contributed by atoms with van der Waals surface area (Å²) >= 11 is 0. The quantitative estimate of drug-likeness (QED) is 0.405. The molecule has 0 radical (unpaired) electrons. The number of ether oxygens (including phenoxy) is 1. The topological polar surface area (TPSA) is 36.3 Å². The Morgan fingerprint density at radius 2 is 1.54 bits per heavy atom. The number of benzene rings is 2. The SMILES string of the molecule is Cl.N=C(CCCOc1ccc(Cc2ccccc2)cc1)N1CCCCC1. The third-order valence-corrected chi connectivity index (χ3v) is 4.74. The van der Waals surface area contributed by atoms with E-state index in [1.807, 2.05) is 18.2 Å². The van der Waals surface area contributed by atoms with Crippen LogP contribution in [0.15, 0.2) is 54.6 Å². The van der Waals surface area contributed by atoms with E-state index in [0.717, 1.165) is 43.9 Å². The van der Waals surface area contributed by atoms with Crippen molar-refractivity contribution in [3.05, 3.63) is 65.7 Å². The van der Waals surface area contributed by atoms with E-state index in [1.165, 1.54) is 30.4 Å². The normalized spacial score (nSPS) is 13.8. The van der Waals surface area contributed by atoms with Crippen molar-refractivity contribution < 1.29 is 4.74 Å². The Kier molecular flexibility index (Phi) is 8.49. The van der Waals surface area contributed by atoms with Crippen molar-refractivity contribution in [2.75, 3.05) is 19.7 Å². The van der Waals surface area contributed by atoms with Gasteiger partial charge in [0.2, 0.25) is 0 Å². The van der Waals surface area contributed by atoms with E-state index in [-0.39, 0.29) is 12.4 Å². The van der Waals surface area contributed by atoms with Gasteiger partial charge >= 0.3 is 0 Å². The molecule has 0 bridgehead atoms. The van der Waals surface area contributed by atoms with E-state index in [4.69, 9.17) is 10.1 Å². The highest BCUT2D eigenvalue weighted by molar-refractivity contribution is 5.85. The van der Waals surface area contributed by atoms with Gasteiger partial charge in [-0.2, -0.15) is 0 Å². The predicted octanol–water partition coefficient (Wildman–Crippen LogP) is 5.32. The molecule has 3 rings (SSSR count). The van der Waals surface area contributed by atoms with Gasteiger partial charge in [-0.25, -0.2) is 0 Å². The lowest BCUT2D eigenvalue weighted by Gasteiger charge is -2.29. The number of hydrogen-bond acceptors (Lipinski definition) is 2. The summed E-state index contributed by atoms with van der Waals surface area (Å²) in [7, 11) is 0. The Morgan fingerprint density at radius 1 is 0.885 bits per heavy atom. The van der Waals surface area contributed by atoms with Crippen LogP contribution in [0.1, 0.15) is 43.2 Å². The molecule has 0 aliphatic carbocycles. The number of rotatable bonds is 7. The molecule has 2 aromatic rings. The minimum Gasteiger partial charge on any atom is -0.494 e. The maximum absolute atomic E-state index is 8.17. The third-order valence-electron chi connectivity index (χ3n) is 4.74. The average molecular weight is 373 g/mol. The number of hydrogen-bond donors (Lipinski definition) is 1. The minimum absolute atomic E-state index is 0. The zero-order chi connectivity index (χ0) is 17.3. The second kappa shape index (κ2) is 10.9. The maximum atomic E-state index is 8.17. The van der Waals surface area contributed by atoms with Gasteiger partial charge in [0.05, 0.1) is 12.4 Å². The van der Waals surface area contributed by atoms with Crippen LogP contribution < -0.4 is 4.74 Å². The van der Waals surface area contributed by atoms with Crippen LogP contribution in [0.25, 0.3) is 0 Å². The van der Waals surface area contributed by atoms with Gasteiger partial charge in [-0.05, 0) is 55.4 Å². The zero-order valence-electron chi connectivity index (χ0n) is 15.3. The van der Waals surface area contributed by atoms with Crippen molar-refractivity contribution in [3.8, 4) is 5.75 Å². The van der Waals surface area contributed by atoms with Crippen LogP contribution in [-0.2, 0) is 6.42 Å². The molecule has 1 saturated heterocycles. The molecule has 3 nitrogen and oxygen atoms in total. The second-order valence-electron chi connectivity index (χ2n) is 6.75. The van der Waals surface area contributed by atoms with Gasteiger partial charge in [-0.1, -0.05) is 42.5 Å². The van der Waals surface area contributed by atoms with Crippen LogP contribution in [0, 0.1) is 5.41 Å². The molecule has 0 aromatic heterocycles. The number of halogens is 1. The standard InChI is InChI=1S/C22H28N2O.ClH/c23-22(24-15-5-2-6-16-24)10-7-17-25-21-13-11-20(12-14-21)18-19-8-3-1-4-9-19;/h1,3-4,8-9,11-14,23H,2,5-7,10,15-18H2;1H. The molecule has 2 aromatic carbocycles. The highest BCUT2D eigenvalue weighted by Crippen LogP contribution is 2.16. The molecule has 1 N–H and O–H groups in total. The van der Waals surface area contributed by atoms with Crippen molar-refractivity contribution in [2.24, 2.45) is 0 Å². The molecular formula is C22H29ClN2O. The first-order chi connectivity index (χ1) is 12.3. The number of likely N-dealkylation sites (tertiary alicyclic amines) is 1. The molecule has 4 heteroatoms. The number of amidine groups is 1. The minimum atomic E-state index is 0. The fraction of sp³-hybridized carbons (Fsp3) is 0.409. The van der Waals surface area contributed by atoms with E-state index < -0.39 is 0 Å². The van der Waals surface area contributed by atoms with Gasteiger partial charge in [0, 0.05) is 19.5 Å². The van der Waals surface area contributed by atoms with Crippen LogP contribution in [0.4, 0.5) is 0 Å². The largest absolute Gasteiger partial charge is 0.494 e. The second-order valence-corrected chi connectivity index (χ2v) is 6.75. The monoisotopic (exact) mass is 372 g/mol. The molecular weight excluding hydrogens is 344 g/mol. The van der Waals surface area contributed by atoms with Gasteiger partial charge in [0.1, 0.15) is 5.75 Å². The van der Waals surface area contributed by atoms with E-state index in [2.05, 4.69) is 41.3 Å².